The lowest BCUT2D eigenvalue weighted by molar-refractivity contribution is 0.0817. The number of aromatic nitrogens is 2. The van der Waals surface area contributed by atoms with Gasteiger partial charge >= 0.3 is 0 Å². The van der Waals surface area contributed by atoms with Crippen LogP contribution in [0.3, 0.4) is 0 Å². The minimum Gasteiger partial charge on any atom is -0.371 e. The van der Waals surface area contributed by atoms with E-state index in [1.807, 2.05) is 32.0 Å². The standard InChI is InChI=1S/C17H19N3O2/c1-11-9-12(2)15(19-10-11)17(21)20-14-5-8-22-16(14)13-3-6-18-7-4-13/h3-4,6-7,9-10,14,16H,5,8H2,1-2H3,(H,20,21)/t14-,16+/m1/s1. The van der Waals surface area contributed by atoms with Crippen molar-refractivity contribution in [3.63, 3.8) is 0 Å². The number of pyridine rings is 2. The Morgan fingerprint density at radius 3 is 2.82 bits per heavy atom. The van der Waals surface area contributed by atoms with E-state index in [4.69, 9.17) is 4.74 Å². The third-order valence-corrected chi connectivity index (χ3v) is 3.87. The molecule has 22 heavy (non-hydrogen) atoms. The van der Waals surface area contributed by atoms with E-state index in [1.165, 1.54) is 0 Å². The summed E-state index contributed by atoms with van der Waals surface area (Å²) in [4.78, 5) is 20.7. The van der Waals surface area contributed by atoms with Gasteiger partial charge in [0.15, 0.2) is 0 Å². The molecule has 0 bridgehead atoms. The van der Waals surface area contributed by atoms with Crippen molar-refractivity contribution < 1.29 is 9.53 Å². The smallest absolute Gasteiger partial charge is 0.270 e. The molecule has 0 aliphatic carbocycles. The first-order valence-corrected chi connectivity index (χ1v) is 7.41. The summed E-state index contributed by atoms with van der Waals surface area (Å²) in [6, 6.07) is 5.76. The first-order chi connectivity index (χ1) is 10.6. The van der Waals surface area contributed by atoms with Crippen molar-refractivity contribution in [3.05, 3.63) is 59.2 Å². The average molecular weight is 297 g/mol. The van der Waals surface area contributed by atoms with Gasteiger partial charge in [0.1, 0.15) is 11.8 Å². The van der Waals surface area contributed by atoms with E-state index in [2.05, 4.69) is 15.3 Å². The molecule has 0 unspecified atom stereocenters. The Morgan fingerprint density at radius 2 is 2.09 bits per heavy atom. The fourth-order valence-corrected chi connectivity index (χ4v) is 2.81. The molecule has 2 atom stereocenters. The molecule has 1 aliphatic heterocycles. The molecule has 1 amide bonds. The average Bonchev–Trinajstić information content (AvgIpc) is 2.96. The van der Waals surface area contributed by atoms with Crippen LogP contribution in [-0.2, 0) is 4.74 Å². The van der Waals surface area contributed by atoms with E-state index in [0.717, 1.165) is 23.1 Å². The van der Waals surface area contributed by atoms with Gasteiger partial charge in [-0.3, -0.25) is 14.8 Å². The summed E-state index contributed by atoms with van der Waals surface area (Å²) in [6.45, 7) is 4.50. The number of carbonyl (C=O) groups is 1. The molecule has 0 spiro atoms. The van der Waals surface area contributed by atoms with Crippen molar-refractivity contribution in [2.24, 2.45) is 0 Å². The highest BCUT2D eigenvalue weighted by atomic mass is 16.5. The summed E-state index contributed by atoms with van der Waals surface area (Å²) in [7, 11) is 0. The zero-order valence-corrected chi connectivity index (χ0v) is 12.7. The van der Waals surface area contributed by atoms with Gasteiger partial charge in [-0.25, -0.2) is 0 Å². The molecule has 1 aliphatic rings. The number of nitrogens with zero attached hydrogens (tertiary/aromatic N) is 2. The monoisotopic (exact) mass is 297 g/mol. The van der Waals surface area contributed by atoms with Gasteiger partial charge in [-0.05, 0) is 49.1 Å². The van der Waals surface area contributed by atoms with Gasteiger partial charge < -0.3 is 10.1 Å². The zero-order valence-electron chi connectivity index (χ0n) is 12.7. The molecule has 5 nitrogen and oxygen atoms in total. The fraction of sp³-hybridized carbons (Fsp3) is 0.353. The molecular weight excluding hydrogens is 278 g/mol. The van der Waals surface area contributed by atoms with Crippen LogP contribution in [0.4, 0.5) is 0 Å². The largest absolute Gasteiger partial charge is 0.371 e. The highest BCUT2D eigenvalue weighted by molar-refractivity contribution is 5.93. The molecule has 2 aromatic heterocycles. The van der Waals surface area contributed by atoms with Gasteiger partial charge in [0.05, 0.1) is 6.04 Å². The van der Waals surface area contributed by atoms with Gasteiger partial charge in [0, 0.05) is 25.2 Å². The molecule has 1 N–H and O–H groups in total. The summed E-state index contributed by atoms with van der Waals surface area (Å²) in [5.41, 5.74) is 3.45. The summed E-state index contributed by atoms with van der Waals surface area (Å²) < 4.78 is 5.77. The maximum Gasteiger partial charge on any atom is 0.270 e. The second kappa shape index (κ2) is 6.23. The summed E-state index contributed by atoms with van der Waals surface area (Å²) in [6.07, 6.45) is 5.86. The Balaban J connectivity index is 1.75. The van der Waals surface area contributed by atoms with Crippen LogP contribution in [0, 0.1) is 13.8 Å². The molecule has 2 aromatic rings. The highest BCUT2D eigenvalue weighted by Crippen LogP contribution is 2.28. The van der Waals surface area contributed by atoms with E-state index < -0.39 is 0 Å². The summed E-state index contributed by atoms with van der Waals surface area (Å²) in [5.74, 6) is -0.146. The van der Waals surface area contributed by atoms with Crippen molar-refractivity contribution in [1.29, 1.82) is 0 Å². The minimum absolute atomic E-state index is 0.0441. The van der Waals surface area contributed by atoms with Gasteiger partial charge in [0.2, 0.25) is 0 Å². The van der Waals surface area contributed by atoms with Crippen LogP contribution in [0.25, 0.3) is 0 Å². The maximum absolute atomic E-state index is 12.5. The minimum atomic E-state index is -0.146. The predicted octanol–water partition coefficient (Wildman–Crippen LogP) is 2.35. The van der Waals surface area contributed by atoms with Gasteiger partial charge in [-0.1, -0.05) is 6.07 Å². The third-order valence-electron chi connectivity index (χ3n) is 3.87. The van der Waals surface area contributed by atoms with E-state index in [9.17, 15) is 4.79 Å². The predicted molar refractivity (Wildman–Crippen MR) is 82.5 cm³/mol. The third kappa shape index (κ3) is 2.99. The maximum atomic E-state index is 12.5. The normalized spacial score (nSPS) is 20.8. The number of nitrogens with one attached hydrogen (secondary N) is 1. The number of aryl methyl sites for hydroxylation is 2. The number of hydrogen-bond acceptors (Lipinski definition) is 4. The number of ether oxygens (including phenoxy) is 1. The number of rotatable bonds is 3. The SMILES string of the molecule is Cc1cnc(C(=O)N[C@@H]2CCO[C@H]2c2ccncc2)c(C)c1. The van der Waals surface area contributed by atoms with Crippen molar-refractivity contribution in [1.82, 2.24) is 15.3 Å². The van der Waals surface area contributed by atoms with Crippen molar-refractivity contribution in [2.45, 2.75) is 32.4 Å². The Labute approximate surface area is 129 Å². The highest BCUT2D eigenvalue weighted by Gasteiger charge is 2.31. The molecule has 0 saturated carbocycles. The lowest BCUT2D eigenvalue weighted by Crippen LogP contribution is -2.37. The van der Waals surface area contributed by atoms with Crippen LogP contribution in [0.15, 0.2) is 36.8 Å². The van der Waals surface area contributed by atoms with E-state index in [1.54, 1.807) is 18.6 Å². The molecule has 5 heteroatoms. The van der Waals surface area contributed by atoms with Gasteiger partial charge in [0.25, 0.3) is 5.91 Å². The Morgan fingerprint density at radius 1 is 1.32 bits per heavy atom. The van der Waals surface area contributed by atoms with Crippen molar-refractivity contribution in [2.75, 3.05) is 6.61 Å². The number of carbonyl (C=O) groups excluding carboxylic acids is 1. The lowest BCUT2D eigenvalue weighted by Gasteiger charge is -2.20. The Hall–Kier alpha value is -2.27. The van der Waals surface area contributed by atoms with Crippen molar-refractivity contribution >= 4 is 5.91 Å². The Bertz CT molecular complexity index is 673. The molecular formula is C17H19N3O2. The van der Waals surface area contributed by atoms with Crippen LogP contribution in [-0.4, -0.2) is 28.5 Å². The van der Waals surface area contributed by atoms with Crippen LogP contribution in [0.5, 0.6) is 0 Å². The second-order valence-corrected chi connectivity index (χ2v) is 5.62. The molecule has 3 heterocycles. The summed E-state index contributed by atoms with van der Waals surface area (Å²) >= 11 is 0. The molecule has 3 rings (SSSR count). The second-order valence-electron chi connectivity index (χ2n) is 5.62. The van der Waals surface area contributed by atoms with E-state index in [-0.39, 0.29) is 18.1 Å². The fourth-order valence-electron chi connectivity index (χ4n) is 2.81. The van der Waals surface area contributed by atoms with Gasteiger partial charge in [-0.15, -0.1) is 0 Å². The topological polar surface area (TPSA) is 64.1 Å². The summed E-state index contributed by atoms with van der Waals surface area (Å²) in [5, 5.41) is 3.06. The molecule has 1 fully saturated rings. The van der Waals surface area contributed by atoms with Crippen LogP contribution >= 0.6 is 0 Å². The van der Waals surface area contributed by atoms with E-state index in [0.29, 0.717) is 12.3 Å². The van der Waals surface area contributed by atoms with E-state index >= 15 is 0 Å². The van der Waals surface area contributed by atoms with Crippen molar-refractivity contribution in [3.8, 4) is 0 Å². The zero-order chi connectivity index (χ0) is 15.5. The van der Waals surface area contributed by atoms with Gasteiger partial charge in [-0.2, -0.15) is 0 Å². The quantitative estimate of drug-likeness (QED) is 0.944. The first kappa shape index (κ1) is 14.7. The van der Waals surface area contributed by atoms with Crippen LogP contribution in [0.2, 0.25) is 0 Å². The van der Waals surface area contributed by atoms with Crippen LogP contribution in [0.1, 0.15) is 39.7 Å². The molecule has 114 valence electrons. The first-order valence-electron chi connectivity index (χ1n) is 7.41. The Kier molecular flexibility index (Phi) is 4.15. The number of amides is 1. The molecule has 0 aromatic carbocycles. The number of hydrogen-bond donors (Lipinski definition) is 1. The van der Waals surface area contributed by atoms with Crippen LogP contribution < -0.4 is 5.32 Å². The molecule has 1 saturated heterocycles. The molecule has 0 radical (unpaired) electrons. The lowest BCUT2D eigenvalue weighted by atomic mass is 10.0.